The molecule has 2 atom stereocenters. The van der Waals surface area contributed by atoms with Crippen LogP contribution < -0.4 is 0 Å². The minimum Gasteiger partial charge on any atom is -0.391 e. The summed E-state index contributed by atoms with van der Waals surface area (Å²) in [4.78, 5) is 19.3. The molecule has 1 aliphatic heterocycles. The number of aromatic nitrogens is 1. The van der Waals surface area contributed by atoms with E-state index in [9.17, 15) is 14.3 Å². The largest absolute Gasteiger partial charge is 0.391 e. The Bertz CT molecular complexity index is 803. The zero-order valence-corrected chi connectivity index (χ0v) is 13.7. The Balaban J connectivity index is 1.76. The summed E-state index contributed by atoms with van der Waals surface area (Å²) >= 11 is 0. The maximum Gasteiger partial charge on any atom is 0.254 e. The Kier molecular flexibility index (Phi) is 3.76. The van der Waals surface area contributed by atoms with Crippen LogP contribution in [0.2, 0.25) is 0 Å². The Hall–Kier alpha value is -2.01. The van der Waals surface area contributed by atoms with Crippen LogP contribution in [0, 0.1) is 11.7 Å². The van der Waals surface area contributed by atoms with Crippen LogP contribution in [0.4, 0.5) is 4.39 Å². The van der Waals surface area contributed by atoms with Crippen LogP contribution in [0.1, 0.15) is 48.2 Å². The average molecular weight is 328 g/mol. The third-order valence-electron chi connectivity index (χ3n) is 5.22. The van der Waals surface area contributed by atoms with E-state index >= 15 is 0 Å². The molecule has 1 saturated carbocycles. The molecule has 0 radical (unpaired) electrons. The number of carbonyl (C=O) groups is 1. The first-order valence-corrected chi connectivity index (χ1v) is 8.60. The van der Waals surface area contributed by atoms with Gasteiger partial charge in [-0.25, -0.2) is 4.39 Å². The van der Waals surface area contributed by atoms with Crippen molar-refractivity contribution in [1.29, 1.82) is 0 Å². The fourth-order valence-electron chi connectivity index (χ4n) is 3.39. The summed E-state index contributed by atoms with van der Waals surface area (Å²) in [5.74, 6) is 0.103. The predicted octanol–water partition coefficient (Wildman–Crippen LogP) is 3.09. The second-order valence-electron chi connectivity index (χ2n) is 7.11. The maximum absolute atomic E-state index is 13.7. The molecule has 2 fully saturated rings. The van der Waals surface area contributed by atoms with Gasteiger partial charge in [0.15, 0.2) is 0 Å². The summed E-state index contributed by atoms with van der Waals surface area (Å²) in [6, 6.07) is 6.23. The standard InChI is InChI=1S/C19H21FN2O2/c1-11-6-7-22(10-18(11)23)19(24)15-9-17(12-2-3-12)21-16-5-4-13(20)8-14(15)16/h4-5,8-9,11-12,18,23H,2-3,6-7,10H2,1H3. The van der Waals surface area contributed by atoms with Gasteiger partial charge in [0.2, 0.25) is 0 Å². The van der Waals surface area contributed by atoms with Gasteiger partial charge in [-0.1, -0.05) is 6.92 Å². The molecule has 126 valence electrons. The molecule has 2 aliphatic rings. The van der Waals surface area contributed by atoms with Gasteiger partial charge in [0.25, 0.3) is 5.91 Å². The number of benzene rings is 1. The van der Waals surface area contributed by atoms with Gasteiger partial charge in [-0.3, -0.25) is 9.78 Å². The Morgan fingerprint density at radius 3 is 2.79 bits per heavy atom. The topological polar surface area (TPSA) is 53.4 Å². The lowest BCUT2D eigenvalue weighted by atomic mass is 9.95. The molecule has 2 unspecified atom stereocenters. The number of hydrogen-bond donors (Lipinski definition) is 1. The van der Waals surface area contributed by atoms with E-state index in [2.05, 4.69) is 4.98 Å². The number of halogens is 1. The minimum atomic E-state index is -0.504. The number of hydrogen-bond acceptors (Lipinski definition) is 3. The summed E-state index contributed by atoms with van der Waals surface area (Å²) < 4.78 is 13.7. The molecule has 1 aromatic carbocycles. The van der Waals surface area contributed by atoms with Crippen LogP contribution in [0.15, 0.2) is 24.3 Å². The molecule has 1 aromatic heterocycles. The van der Waals surface area contributed by atoms with E-state index in [1.807, 2.05) is 13.0 Å². The monoisotopic (exact) mass is 328 g/mol. The first kappa shape index (κ1) is 15.5. The predicted molar refractivity (Wildman–Crippen MR) is 89.4 cm³/mol. The normalized spacial score (nSPS) is 24.4. The minimum absolute atomic E-state index is 0.138. The van der Waals surface area contributed by atoms with Crippen molar-refractivity contribution in [1.82, 2.24) is 9.88 Å². The van der Waals surface area contributed by atoms with Crippen molar-refractivity contribution in [3.8, 4) is 0 Å². The molecule has 4 rings (SSSR count). The second-order valence-corrected chi connectivity index (χ2v) is 7.11. The van der Waals surface area contributed by atoms with Gasteiger partial charge in [-0.2, -0.15) is 0 Å². The number of aliphatic hydroxyl groups excluding tert-OH is 1. The SMILES string of the molecule is CC1CCN(C(=O)c2cc(C3CC3)nc3ccc(F)cc23)CC1O. The van der Waals surface area contributed by atoms with Gasteiger partial charge in [0.05, 0.1) is 17.2 Å². The van der Waals surface area contributed by atoms with Crippen LogP contribution in [-0.2, 0) is 0 Å². The van der Waals surface area contributed by atoms with Crippen molar-refractivity contribution in [2.45, 2.75) is 38.2 Å². The number of likely N-dealkylation sites (tertiary alicyclic amines) is 1. The number of pyridine rings is 1. The van der Waals surface area contributed by atoms with E-state index in [0.717, 1.165) is 25.0 Å². The van der Waals surface area contributed by atoms with Gasteiger partial charge in [0, 0.05) is 30.1 Å². The molecular formula is C19H21FN2O2. The molecule has 1 N–H and O–H groups in total. The quantitative estimate of drug-likeness (QED) is 0.922. The summed E-state index contributed by atoms with van der Waals surface area (Å²) in [7, 11) is 0. The number of fused-ring (bicyclic) bond motifs is 1. The number of nitrogens with zero attached hydrogens (tertiary/aromatic N) is 2. The van der Waals surface area contributed by atoms with Crippen molar-refractivity contribution in [3.05, 3.63) is 41.3 Å². The molecule has 2 heterocycles. The molecule has 5 heteroatoms. The number of carbonyl (C=O) groups excluding carboxylic acids is 1. The van der Waals surface area contributed by atoms with Crippen LogP contribution >= 0.6 is 0 Å². The third-order valence-corrected chi connectivity index (χ3v) is 5.22. The highest BCUT2D eigenvalue weighted by molar-refractivity contribution is 6.06. The molecule has 0 spiro atoms. The fourth-order valence-corrected chi connectivity index (χ4v) is 3.39. The second kappa shape index (κ2) is 5.81. The Morgan fingerprint density at radius 1 is 1.29 bits per heavy atom. The number of β-amino-alcohol motifs (C(OH)–C–C–N with tert-alkyl or cyclic N) is 1. The van der Waals surface area contributed by atoms with Gasteiger partial charge in [-0.15, -0.1) is 0 Å². The number of piperidine rings is 1. The Labute approximate surface area is 140 Å². The van der Waals surface area contributed by atoms with Crippen molar-refractivity contribution < 1.29 is 14.3 Å². The molecule has 1 saturated heterocycles. The molecule has 0 bridgehead atoms. The molecule has 1 aliphatic carbocycles. The van der Waals surface area contributed by atoms with Crippen molar-refractivity contribution in [2.75, 3.05) is 13.1 Å². The molecule has 24 heavy (non-hydrogen) atoms. The van der Waals surface area contributed by atoms with Crippen LogP contribution in [0.5, 0.6) is 0 Å². The molecule has 1 amide bonds. The van der Waals surface area contributed by atoms with Crippen LogP contribution in [0.3, 0.4) is 0 Å². The van der Waals surface area contributed by atoms with Gasteiger partial charge in [0.1, 0.15) is 5.82 Å². The van der Waals surface area contributed by atoms with Gasteiger partial charge in [-0.05, 0) is 49.4 Å². The van der Waals surface area contributed by atoms with E-state index in [0.29, 0.717) is 35.5 Å². The molecule has 4 nitrogen and oxygen atoms in total. The average Bonchev–Trinajstić information content (AvgIpc) is 3.41. The zero-order valence-electron chi connectivity index (χ0n) is 13.7. The van der Waals surface area contributed by atoms with E-state index < -0.39 is 6.10 Å². The summed E-state index contributed by atoms with van der Waals surface area (Å²) in [6.45, 7) is 2.95. The summed E-state index contributed by atoms with van der Waals surface area (Å²) in [5, 5.41) is 10.6. The van der Waals surface area contributed by atoms with Gasteiger partial charge >= 0.3 is 0 Å². The van der Waals surface area contributed by atoms with E-state index in [1.54, 1.807) is 11.0 Å². The van der Waals surface area contributed by atoms with Crippen molar-refractivity contribution in [3.63, 3.8) is 0 Å². The smallest absolute Gasteiger partial charge is 0.254 e. The highest BCUT2D eigenvalue weighted by atomic mass is 19.1. The molecule has 2 aromatic rings. The first-order valence-electron chi connectivity index (χ1n) is 8.60. The highest BCUT2D eigenvalue weighted by Gasteiger charge is 2.31. The number of rotatable bonds is 2. The lowest BCUT2D eigenvalue weighted by Crippen LogP contribution is -2.45. The van der Waals surface area contributed by atoms with Crippen molar-refractivity contribution >= 4 is 16.8 Å². The van der Waals surface area contributed by atoms with E-state index in [1.165, 1.54) is 12.1 Å². The van der Waals surface area contributed by atoms with Crippen LogP contribution in [-0.4, -0.2) is 40.1 Å². The van der Waals surface area contributed by atoms with E-state index in [-0.39, 0.29) is 17.6 Å². The zero-order chi connectivity index (χ0) is 16.8. The lowest BCUT2D eigenvalue weighted by Gasteiger charge is -2.34. The van der Waals surface area contributed by atoms with Crippen molar-refractivity contribution in [2.24, 2.45) is 5.92 Å². The summed E-state index contributed by atoms with van der Waals surface area (Å²) in [5.41, 5.74) is 2.08. The highest BCUT2D eigenvalue weighted by Crippen LogP contribution is 2.40. The van der Waals surface area contributed by atoms with Gasteiger partial charge < -0.3 is 10.0 Å². The number of amides is 1. The first-order chi connectivity index (χ1) is 11.5. The van der Waals surface area contributed by atoms with Crippen LogP contribution in [0.25, 0.3) is 10.9 Å². The van der Waals surface area contributed by atoms with E-state index in [4.69, 9.17) is 0 Å². The third kappa shape index (κ3) is 2.77. The summed E-state index contributed by atoms with van der Waals surface area (Å²) in [6.07, 6.45) is 2.45. The lowest BCUT2D eigenvalue weighted by molar-refractivity contribution is 0.0250. The Morgan fingerprint density at radius 2 is 2.08 bits per heavy atom. The fraction of sp³-hybridized carbons (Fsp3) is 0.474. The number of aliphatic hydroxyl groups is 1. The maximum atomic E-state index is 13.7. The molecular weight excluding hydrogens is 307 g/mol.